The van der Waals surface area contributed by atoms with Crippen molar-refractivity contribution >= 4 is 35.6 Å². The van der Waals surface area contributed by atoms with Crippen LogP contribution in [0.15, 0.2) is 12.1 Å². The van der Waals surface area contributed by atoms with E-state index in [1.807, 2.05) is 0 Å². The molecule has 0 aliphatic carbocycles. The van der Waals surface area contributed by atoms with E-state index in [9.17, 15) is 18.8 Å². The lowest BCUT2D eigenvalue weighted by molar-refractivity contribution is -0.140. The van der Waals surface area contributed by atoms with Crippen molar-refractivity contribution in [2.75, 3.05) is 12.4 Å². The van der Waals surface area contributed by atoms with Gasteiger partial charge in [0.1, 0.15) is 11.6 Å². The predicted molar refractivity (Wildman–Crippen MR) is 64.6 cm³/mol. The fourth-order valence-corrected chi connectivity index (χ4v) is 1.72. The van der Waals surface area contributed by atoms with Crippen LogP contribution in [0, 0.1) is 5.82 Å². The van der Waals surface area contributed by atoms with E-state index in [1.54, 1.807) is 0 Å². The third-order valence-electron chi connectivity index (χ3n) is 2.55. The highest BCUT2D eigenvalue weighted by atomic mass is 35.5. The fraction of sp³-hybridized carbons (Fsp3) is 0.182. The molecule has 1 heterocycles. The largest absolute Gasteiger partial charge is 0.494 e. The molecular formula is C11H9ClFNO5. The number of Topliss-reactive ketones (excluding diaryl/α,β-unsaturated/α-hetero) is 2. The van der Waals surface area contributed by atoms with Crippen LogP contribution in [0.25, 0.3) is 0 Å². The Hall–Kier alpha value is -2.15. The van der Waals surface area contributed by atoms with Gasteiger partial charge in [0.2, 0.25) is 11.6 Å². The number of carbonyl (C=O) groups excluding carboxylic acids is 2. The number of anilines is 1. The minimum Gasteiger partial charge on any atom is -0.494 e. The van der Waals surface area contributed by atoms with Crippen molar-refractivity contribution in [1.82, 2.24) is 0 Å². The first-order chi connectivity index (χ1) is 8.45. The van der Waals surface area contributed by atoms with Gasteiger partial charge in [0, 0.05) is 6.07 Å². The number of fused-ring (bicyclic) bond motifs is 1. The second-order valence-electron chi connectivity index (χ2n) is 3.64. The topological polar surface area (TPSA) is 92.7 Å². The van der Waals surface area contributed by atoms with Crippen molar-refractivity contribution in [3.63, 3.8) is 0 Å². The molecule has 1 aromatic rings. The highest BCUT2D eigenvalue weighted by molar-refractivity contribution is 6.51. The van der Waals surface area contributed by atoms with Crippen molar-refractivity contribution in [1.29, 1.82) is 0 Å². The quantitative estimate of drug-likeness (QED) is 0.620. The molecule has 1 atom stereocenters. The summed E-state index contributed by atoms with van der Waals surface area (Å²) in [4.78, 5) is 34.0. The summed E-state index contributed by atoms with van der Waals surface area (Å²) in [6.07, 6.45) is 0. The molecule has 0 aromatic heterocycles. The van der Waals surface area contributed by atoms with Gasteiger partial charge in [0.15, 0.2) is 6.04 Å². The van der Waals surface area contributed by atoms with E-state index in [0.29, 0.717) is 0 Å². The summed E-state index contributed by atoms with van der Waals surface area (Å²) >= 11 is 0. The van der Waals surface area contributed by atoms with Gasteiger partial charge in [-0.05, 0) is 6.07 Å². The maximum absolute atomic E-state index is 13.2. The lowest BCUT2D eigenvalue weighted by Gasteiger charge is -2.23. The highest BCUT2D eigenvalue weighted by Crippen LogP contribution is 2.33. The number of hydrogen-bond acceptors (Lipinski definition) is 5. The molecule has 0 fully saturated rings. The molecule has 0 amide bonds. The van der Waals surface area contributed by atoms with Crippen molar-refractivity contribution < 1.29 is 28.6 Å². The zero-order valence-electron chi connectivity index (χ0n) is 9.60. The van der Waals surface area contributed by atoms with Gasteiger partial charge in [-0.2, -0.15) is 0 Å². The first kappa shape index (κ1) is 14.9. The molecule has 102 valence electrons. The van der Waals surface area contributed by atoms with E-state index >= 15 is 0 Å². The normalized spacial score (nSPS) is 17.1. The van der Waals surface area contributed by atoms with Crippen LogP contribution in [0.2, 0.25) is 0 Å². The lowest BCUT2D eigenvalue weighted by Crippen LogP contribution is -2.45. The Labute approximate surface area is 113 Å². The number of carbonyl (C=O) groups is 3. The monoisotopic (exact) mass is 289 g/mol. The molecule has 1 aliphatic rings. The van der Waals surface area contributed by atoms with Crippen molar-refractivity contribution in [2.45, 2.75) is 6.04 Å². The third-order valence-corrected chi connectivity index (χ3v) is 2.55. The number of aliphatic carboxylic acids is 1. The molecule has 0 saturated heterocycles. The molecule has 2 rings (SSSR count). The standard InChI is InChI=1S/C11H8FNO5.ClH/c1-18-6-3-4(12)2-5-7(6)13-8(11(16)17)10(15)9(5)14;/h2-3,8,13H,1H3,(H,16,17);1H. The zero-order valence-corrected chi connectivity index (χ0v) is 10.4. The average Bonchev–Trinajstić information content (AvgIpc) is 2.32. The van der Waals surface area contributed by atoms with Gasteiger partial charge >= 0.3 is 5.97 Å². The number of nitrogens with one attached hydrogen (secondary N) is 1. The first-order valence-corrected chi connectivity index (χ1v) is 4.91. The van der Waals surface area contributed by atoms with Gasteiger partial charge in [0.25, 0.3) is 0 Å². The van der Waals surface area contributed by atoms with Gasteiger partial charge in [-0.3, -0.25) is 9.59 Å². The van der Waals surface area contributed by atoms with E-state index in [0.717, 1.165) is 12.1 Å². The number of benzene rings is 1. The van der Waals surface area contributed by atoms with Crippen LogP contribution in [-0.2, 0) is 9.59 Å². The van der Waals surface area contributed by atoms with Crippen LogP contribution < -0.4 is 10.1 Å². The van der Waals surface area contributed by atoms with Gasteiger partial charge in [-0.1, -0.05) is 0 Å². The molecule has 0 spiro atoms. The highest BCUT2D eigenvalue weighted by Gasteiger charge is 2.39. The number of hydrogen-bond donors (Lipinski definition) is 2. The lowest BCUT2D eigenvalue weighted by atomic mass is 9.95. The maximum Gasteiger partial charge on any atom is 0.334 e. The summed E-state index contributed by atoms with van der Waals surface area (Å²) in [5, 5.41) is 11.2. The van der Waals surface area contributed by atoms with Crippen LogP contribution in [0.3, 0.4) is 0 Å². The molecular weight excluding hydrogens is 281 g/mol. The molecule has 0 saturated carbocycles. The van der Waals surface area contributed by atoms with Gasteiger partial charge in [-0.25, -0.2) is 9.18 Å². The molecule has 1 aliphatic heterocycles. The Morgan fingerprint density at radius 1 is 1.42 bits per heavy atom. The van der Waals surface area contributed by atoms with E-state index in [4.69, 9.17) is 9.84 Å². The predicted octanol–water partition coefficient (Wildman–Crippen LogP) is 0.887. The van der Waals surface area contributed by atoms with Crippen LogP contribution >= 0.6 is 12.4 Å². The van der Waals surface area contributed by atoms with Crippen molar-refractivity contribution in [3.8, 4) is 5.75 Å². The first-order valence-electron chi connectivity index (χ1n) is 4.91. The molecule has 19 heavy (non-hydrogen) atoms. The summed E-state index contributed by atoms with van der Waals surface area (Å²) in [5.74, 6) is -4.44. The maximum atomic E-state index is 13.2. The van der Waals surface area contributed by atoms with Gasteiger partial charge in [0.05, 0.1) is 18.4 Å². The molecule has 2 N–H and O–H groups in total. The Morgan fingerprint density at radius 2 is 2.05 bits per heavy atom. The van der Waals surface area contributed by atoms with E-state index in [-0.39, 0.29) is 29.4 Å². The number of ether oxygens (including phenoxy) is 1. The fourth-order valence-electron chi connectivity index (χ4n) is 1.72. The third kappa shape index (κ3) is 2.37. The molecule has 6 nitrogen and oxygen atoms in total. The molecule has 1 aromatic carbocycles. The summed E-state index contributed by atoms with van der Waals surface area (Å²) in [5.41, 5.74) is -0.217. The second kappa shape index (κ2) is 5.23. The molecule has 0 bridgehead atoms. The van der Waals surface area contributed by atoms with E-state index < -0.39 is 29.4 Å². The number of halogens is 2. The van der Waals surface area contributed by atoms with E-state index in [2.05, 4.69) is 5.32 Å². The Kier molecular flexibility index (Phi) is 4.10. The summed E-state index contributed by atoms with van der Waals surface area (Å²) < 4.78 is 18.1. The number of carboxylic acids is 1. The van der Waals surface area contributed by atoms with Crippen LogP contribution in [-0.4, -0.2) is 35.8 Å². The summed E-state index contributed by atoms with van der Waals surface area (Å²) in [6.45, 7) is 0. The number of carboxylic acid groups (broad SMARTS) is 1. The zero-order chi connectivity index (χ0) is 13.4. The van der Waals surface area contributed by atoms with Crippen LogP contribution in [0.5, 0.6) is 5.75 Å². The molecule has 1 unspecified atom stereocenters. The average molecular weight is 290 g/mol. The Morgan fingerprint density at radius 3 is 2.58 bits per heavy atom. The molecule has 8 heteroatoms. The number of rotatable bonds is 2. The minimum absolute atomic E-state index is 0. The van der Waals surface area contributed by atoms with Crippen molar-refractivity contribution in [3.05, 3.63) is 23.5 Å². The van der Waals surface area contributed by atoms with E-state index in [1.165, 1.54) is 7.11 Å². The van der Waals surface area contributed by atoms with Crippen molar-refractivity contribution in [2.24, 2.45) is 0 Å². The summed E-state index contributed by atoms with van der Waals surface area (Å²) in [6, 6.07) is 0.182. The molecule has 0 radical (unpaired) electrons. The number of methoxy groups -OCH3 is 1. The Bertz CT molecular complexity index is 574. The van der Waals surface area contributed by atoms with Crippen LogP contribution in [0.4, 0.5) is 10.1 Å². The smallest absolute Gasteiger partial charge is 0.334 e. The van der Waals surface area contributed by atoms with Gasteiger partial charge < -0.3 is 15.2 Å². The summed E-state index contributed by atoms with van der Waals surface area (Å²) in [7, 11) is 1.24. The second-order valence-corrected chi connectivity index (χ2v) is 3.64. The van der Waals surface area contributed by atoms with Crippen LogP contribution in [0.1, 0.15) is 10.4 Å². The SMILES string of the molecule is COc1cc(F)cc2c1NC(C(=O)O)C(=O)C2=O.Cl. The Balaban J connectivity index is 0.00000180. The number of ketones is 2. The minimum atomic E-state index is -1.68. The van der Waals surface area contributed by atoms with Gasteiger partial charge in [-0.15, -0.1) is 12.4 Å².